The van der Waals surface area contributed by atoms with Crippen molar-refractivity contribution in [3.05, 3.63) is 40.5 Å². The van der Waals surface area contributed by atoms with Crippen molar-refractivity contribution in [1.29, 1.82) is 0 Å². The molecule has 1 aliphatic rings. The van der Waals surface area contributed by atoms with Crippen molar-refractivity contribution in [1.82, 2.24) is 9.47 Å². The molecule has 0 saturated carbocycles. The first-order chi connectivity index (χ1) is 11.0. The Labute approximate surface area is 145 Å². The second-order valence-corrected chi connectivity index (χ2v) is 5.32. The largest absolute Gasteiger partial charge is 0.350 e. The number of hydrogen-bond acceptors (Lipinski definition) is 2. The Morgan fingerprint density at radius 1 is 0.913 bits per heavy atom. The lowest BCUT2D eigenvalue weighted by molar-refractivity contribution is -0.134. The van der Waals surface area contributed by atoms with Crippen LogP contribution < -0.4 is 0 Å². The maximum absolute atomic E-state index is 12.2. The fourth-order valence-corrected chi connectivity index (χ4v) is 3.03. The summed E-state index contributed by atoms with van der Waals surface area (Å²) in [5.41, 5.74) is 2.25. The number of hydrogen-bond donors (Lipinski definition) is 0. The van der Waals surface area contributed by atoms with Gasteiger partial charge in [0.25, 0.3) is 11.8 Å². The molecule has 0 saturated heterocycles. The summed E-state index contributed by atoms with van der Waals surface area (Å²) in [6.45, 7) is 8.00. The van der Waals surface area contributed by atoms with Crippen LogP contribution in [-0.2, 0) is 16.6 Å². The minimum atomic E-state index is -0.298. The molecule has 2 heterocycles. The lowest BCUT2D eigenvalue weighted by Crippen LogP contribution is -2.26. The maximum Gasteiger partial charge on any atom is 0.268 e. The highest BCUT2D eigenvalue weighted by Crippen LogP contribution is 2.36. The Morgan fingerprint density at radius 3 is 2.00 bits per heavy atom. The molecule has 124 valence electrons. The number of rotatable bonds is 1. The van der Waals surface area contributed by atoms with Gasteiger partial charge in [0, 0.05) is 36.8 Å². The van der Waals surface area contributed by atoms with Gasteiger partial charge in [-0.25, -0.2) is 0 Å². The summed E-state index contributed by atoms with van der Waals surface area (Å²) >= 11 is 3.24. The van der Waals surface area contributed by atoms with Crippen LogP contribution >= 0.6 is 15.9 Å². The molecule has 2 amide bonds. The minimum absolute atomic E-state index is 0.270. The van der Waals surface area contributed by atoms with E-state index < -0.39 is 0 Å². The fraction of sp³-hybridized carbons (Fsp3) is 0.333. The zero-order valence-electron chi connectivity index (χ0n) is 14.5. The van der Waals surface area contributed by atoms with E-state index in [0.29, 0.717) is 10.1 Å². The lowest BCUT2D eigenvalue weighted by atomic mass is 10.1. The second-order valence-electron chi connectivity index (χ2n) is 4.53. The average molecular weight is 379 g/mol. The van der Waals surface area contributed by atoms with Gasteiger partial charge < -0.3 is 4.57 Å². The first-order valence-electron chi connectivity index (χ1n) is 7.79. The van der Waals surface area contributed by atoms with Gasteiger partial charge >= 0.3 is 0 Å². The van der Waals surface area contributed by atoms with Crippen LogP contribution in [0.15, 0.2) is 34.9 Å². The molecule has 1 aromatic heterocycles. The average Bonchev–Trinajstić information content (AvgIpc) is 3.02. The summed E-state index contributed by atoms with van der Waals surface area (Å²) in [6.07, 6.45) is 1.88. The van der Waals surface area contributed by atoms with Crippen LogP contribution in [0, 0.1) is 0 Å². The van der Waals surface area contributed by atoms with E-state index in [1.807, 2.05) is 69.8 Å². The molecule has 2 aromatic rings. The van der Waals surface area contributed by atoms with Crippen molar-refractivity contribution in [2.45, 2.75) is 27.7 Å². The van der Waals surface area contributed by atoms with Gasteiger partial charge in [-0.3, -0.25) is 14.5 Å². The molecule has 0 bridgehead atoms. The Balaban J connectivity index is 0.000000615. The van der Waals surface area contributed by atoms with Crippen LogP contribution in [0.4, 0.5) is 0 Å². The van der Waals surface area contributed by atoms with Crippen LogP contribution in [0.1, 0.15) is 33.3 Å². The van der Waals surface area contributed by atoms with Crippen LogP contribution in [0.5, 0.6) is 0 Å². The van der Waals surface area contributed by atoms with Crippen molar-refractivity contribution in [2.75, 3.05) is 7.05 Å². The summed E-state index contributed by atoms with van der Waals surface area (Å²) in [5, 5.41) is 0.966. The summed E-state index contributed by atoms with van der Waals surface area (Å²) < 4.78 is 2.28. The molecule has 4 nitrogen and oxygen atoms in total. The van der Waals surface area contributed by atoms with Gasteiger partial charge in [-0.05, 0) is 22.0 Å². The second kappa shape index (κ2) is 8.11. The monoisotopic (exact) mass is 378 g/mol. The number of fused-ring (bicyclic) bond motifs is 1. The van der Waals surface area contributed by atoms with Crippen molar-refractivity contribution in [3.63, 3.8) is 0 Å². The van der Waals surface area contributed by atoms with E-state index in [-0.39, 0.29) is 11.8 Å². The third-order valence-electron chi connectivity index (χ3n) is 3.40. The number of imide groups is 1. The smallest absolute Gasteiger partial charge is 0.268 e. The van der Waals surface area contributed by atoms with Gasteiger partial charge in [0.1, 0.15) is 0 Å². The van der Waals surface area contributed by atoms with E-state index in [0.717, 1.165) is 21.4 Å². The SMILES string of the molecule is CC.CC.CN1C(=O)C(Br)=C(c2cn(C)c3ccccc23)C1=O. The number of benzene rings is 1. The normalized spacial score (nSPS) is 13.8. The highest BCUT2D eigenvalue weighted by Gasteiger charge is 2.36. The molecule has 0 radical (unpaired) electrons. The molecule has 5 heteroatoms. The zero-order valence-corrected chi connectivity index (χ0v) is 16.1. The third kappa shape index (κ3) is 3.24. The van der Waals surface area contributed by atoms with Crippen LogP contribution in [0.3, 0.4) is 0 Å². The number of nitrogens with zero attached hydrogens (tertiary/aromatic N) is 2. The van der Waals surface area contributed by atoms with Crippen LogP contribution in [0.25, 0.3) is 16.5 Å². The van der Waals surface area contributed by atoms with Gasteiger partial charge in [-0.2, -0.15) is 0 Å². The quantitative estimate of drug-likeness (QED) is 0.692. The predicted octanol–water partition coefficient (Wildman–Crippen LogP) is 4.34. The number of halogens is 1. The molecule has 0 atom stereocenters. The molecule has 1 aromatic carbocycles. The minimum Gasteiger partial charge on any atom is -0.350 e. The Bertz CT molecular complexity index is 759. The summed E-state index contributed by atoms with van der Waals surface area (Å²) in [4.78, 5) is 25.1. The van der Waals surface area contributed by atoms with Crippen molar-refractivity contribution in [2.24, 2.45) is 7.05 Å². The summed E-state index contributed by atoms with van der Waals surface area (Å²) in [6, 6.07) is 7.81. The van der Waals surface area contributed by atoms with Gasteiger partial charge in [0.2, 0.25) is 0 Å². The highest BCUT2D eigenvalue weighted by atomic mass is 79.9. The van der Waals surface area contributed by atoms with E-state index in [9.17, 15) is 9.59 Å². The summed E-state index contributed by atoms with van der Waals surface area (Å²) in [5.74, 6) is -0.568. The summed E-state index contributed by atoms with van der Waals surface area (Å²) in [7, 11) is 3.41. The maximum atomic E-state index is 12.2. The zero-order chi connectivity index (χ0) is 17.7. The third-order valence-corrected chi connectivity index (χ3v) is 4.13. The number of aryl methyl sites for hydroxylation is 1. The van der Waals surface area contributed by atoms with Gasteiger partial charge in [0.15, 0.2) is 0 Å². The van der Waals surface area contributed by atoms with Gasteiger partial charge in [-0.1, -0.05) is 45.9 Å². The van der Waals surface area contributed by atoms with Crippen molar-refractivity contribution in [3.8, 4) is 0 Å². The molecular formula is C18H23BrN2O2. The first kappa shape index (κ1) is 19.2. The molecule has 1 aliphatic heterocycles. The number of amides is 2. The van der Waals surface area contributed by atoms with Crippen LogP contribution in [0.2, 0.25) is 0 Å². The molecule has 0 unspecified atom stereocenters. The standard InChI is InChI=1S/C14H11BrN2O2.2C2H6/c1-16-7-9(8-5-3-4-6-10(8)16)11-12(15)14(19)17(2)13(11)18;2*1-2/h3-7H,1-2H3;2*1-2H3. The van der Waals surface area contributed by atoms with E-state index >= 15 is 0 Å². The molecule has 0 N–H and O–H groups in total. The molecule has 23 heavy (non-hydrogen) atoms. The van der Waals surface area contributed by atoms with E-state index in [4.69, 9.17) is 0 Å². The Kier molecular flexibility index (Phi) is 6.76. The lowest BCUT2D eigenvalue weighted by Gasteiger charge is -2.05. The van der Waals surface area contributed by atoms with Gasteiger partial charge in [0.05, 0.1) is 10.1 Å². The van der Waals surface area contributed by atoms with E-state index in [2.05, 4.69) is 15.9 Å². The topological polar surface area (TPSA) is 42.3 Å². The Morgan fingerprint density at radius 2 is 1.48 bits per heavy atom. The van der Waals surface area contributed by atoms with E-state index in [1.54, 1.807) is 0 Å². The highest BCUT2D eigenvalue weighted by molar-refractivity contribution is 9.12. The van der Waals surface area contributed by atoms with Crippen LogP contribution in [-0.4, -0.2) is 28.3 Å². The van der Waals surface area contributed by atoms with Gasteiger partial charge in [-0.15, -0.1) is 0 Å². The number of likely N-dealkylation sites (N-methyl/N-ethyl adjacent to an activating group) is 1. The molecule has 3 rings (SSSR count). The Hall–Kier alpha value is -1.88. The molecular weight excluding hydrogens is 356 g/mol. The number of aromatic nitrogens is 1. The predicted molar refractivity (Wildman–Crippen MR) is 99.2 cm³/mol. The van der Waals surface area contributed by atoms with Crippen molar-refractivity contribution < 1.29 is 9.59 Å². The first-order valence-corrected chi connectivity index (χ1v) is 8.58. The molecule has 0 fully saturated rings. The molecule has 0 aliphatic carbocycles. The fourth-order valence-electron chi connectivity index (χ4n) is 2.38. The number of para-hydroxylation sites is 1. The molecule has 0 spiro atoms. The number of carbonyl (C=O) groups is 2. The van der Waals surface area contributed by atoms with Crippen molar-refractivity contribution >= 4 is 44.2 Å². The number of carbonyl (C=O) groups excluding carboxylic acids is 2. The van der Waals surface area contributed by atoms with E-state index in [1.165, 1.54) is 7.05 Å².